The van der Waals surface area contributed by atoms with Gasteiger partial charge in [-0.05, 0) is 128 Å². The van der Waals surface area contributed by atoms with E-state index in [2.05, 4.69) is 319 Å². The third-order valence-corrected chi connectivity index (χ3v) is 30.1. The molecule has 0 aliphatic carbocycles. The third-order valence-electron chi connectivity index (χ3n) is 23.7. The Bertz CT molecular complexity index is 7540. The van der Waals surface area contributed by atoms with Crippen LogP contribution in [0.3, 0.4) is 0 Å². The molecule has 17 aromatic carbocycles. The van der Waals surface area contributed by atoms with E-state index in [1.807, 2.05) is 127 Å². The van der Waals surface area contributed by atoms with E-state index in [9.17, 15) is 0 Å². The summed E-state index contributed by atoms with van der Waals surface area (Å²) in [6.07, 6.45) is 0. The van der Waals surface area contributed by atoms with Crippen molar-refractivity contribution < 1.29 is 9.13 Å². The van der Waals surface area contributed by atoms with Gasteiger partial charge >= 0.3 is 0 Å². The second-order valence-electron chi connectivity index (χ2n) is 30.6. The van der Waals surface area contributed by atoms with Gasteiger partial charge in [-0.1, -0.05) is 364 Å². The number of benzene rings is 17. The number of hydrogen-bond donors (Lipinski definition) is 0. The van der Waals surface area contributed by atoms with Crippen molar-refractivity contribution in [1.82, 2.24) is 29.1 Å². The zero-order valence-corrected chi connectivity index (χ0v) is 66.8. The predicted molar refractivity (Wildman–Crippen MR) is 498 cm³/mol. The first-order valence-electron chi connectivity index (χ1n) is 40.4. The highest BCUT2D eigenvalue weighted by Gasteiger charge is 2.44. The molecule has 0 saturated carbocycles. The summed E-state index contributed by atoms with van der Waals surface area (Å²) in [5.41, 5.74) is 26.7. The average Bonchev–Trinajstić information content (AvgIpc) is 1.53. The van der Waals surface area contributed by atoms with Crippen molar-refractivity contribution in [2.45, 2.75) is 0 Å². The lowest BCUT2D eigenvalue weighted by Gasteiger charge is -2.17. The van der Waals surface area contributed by atoms with Gasteiger partial charge in [-0.15, -0.1) is 0 Å². The molecule has 564 valence electrons. The summed E-state index contributed by atoms with van der Waals surface area (Å²) in [6.45, 7) is 0. The molecule has 0 bridgehead atoms. The molecule has 120 heavy (non-hydrogen) atoms. The fourth-order valence-electron chi connectivity index (χ4n) is 18.0. The molecule has 0 fully saturated rings. The van der Waals surface area contributed by atoms with E-state index >= 15 is 9.13 Å². The van der Waals surface area contributed by atoms with Crippen LogP contribution >= 0.6 is 14.3 Å². The number of nitrogens with zero attached hydrogens (tertiary/aromatic N) is 6. The van der Waals surface area contributed by atoms with Crippen LogP contribution in [0.2, 0.25) is 0 Å². The quantitative estimate of drug-likeness (QED) is 0.107. The van der Waals surface area contributed by atoms with E-state index < -0.39 is 14.3 Å². The van der Waals surface area contributed by atoms with Crippen molar-refractivity contribution in [2.75, 3.05) is 0 Å². The van der Waals surface area contributed by atoms with Gasteiger partial charge in [-0.3, -0.25) is 0 Å². The van der Waals surface area contributed by atoms with Crippen molar-refractivity contribution in [3.63, 3.8) is 0 Å². The number of rotatable bonds is 13. The van der Waals surface area contributed by atoms with Crippen molar-refractivity contribution in [3.05, 3.63) is 437 Å². The second-order valence-corrected chi connectivity index (χ2v) is 35.9. The highest BCUT2D eigenvalue weighted by Crippen LogP contribution is 2.57. The van der Waals surface area contributed by atoms with Crippen LogP contribution in [0, 0.1) is 0 Å². The van der Waals surface area contributed by atoms with Crippen LogP contribution in [-0.2, 0) is 9.13 Å². The molecule has 23 rings (SSSR count). The molecule has 2 unspecified atom stereocenters. The molecule has 0 amide bonds. The molecular formula is C110H72N6O2P2. The lowest BCUT2D eigenvalue weighted by Crippen LogP contribution is -2.21. The molecule has 4 aromatic heterocycles. The first-order chi connectivity index (χ1) is 59.3. The van der Waals surface area contributed by atoms with Crippen molar-refractivity contribution in [3.8, 4) is 135 Å². The van der Waals surface area contributed by atoms with Gasteiger partial charge in [0.15, 0.2) is 25.9 Å². The molecule has 0 saturated heterocycles. The van der Waals surface area contributed by atoms with E-state index in [-0.39, 0.29) is 0 Å². The zero-order chi connectivity index (χ0) is 79.8. The van der Waals surface area contributed by atoms with Gasteiger partial charge in [0, 0.05) is 98.1 Å². The van der Waals surface area contributed by atoms with Crippen LogP contribution in [0.25, 0.3) is 178 Å². The smallest absolute Gasteiger partial charge is 0.172 e. The lowest BCUT2D eigenvalue weighted by molar-refractivity contribution is 0.592. The van der Waals surface area contributed by atoms with Crippen molar-refractivity contribution in [2.24, 2.45) is 0 Å². The number of aromatic nitrogens is 6. The maximum atomic E-state index is 15.9. The van der Waals surface area contributed by atoms with Gasteiger partial charge < -0.3 is 18.3 Å². The molecule has 6 heterocycles. The van der Waals surface area contributed by atoms with Gasteiger partial charge in [0.05, 0.1) is 44.8 Å². The fourth-order valence-corrected chi connectivity index (χ4v) is 24.6. The molecule has 0 spiro atoms. The molecular weight excluding hydrogens is 1500 g/mol. The lowest BCUT2D eigenvalue weighted by atomic mass is 10.0. The molecule has 0 N–H and O–H groups in total. The van der Waals surface area contributed by atoms with Gasteiger partial charge in [0.2, 0.25) is 0 Å². The zero-order valence-electron chi connectivity index (χ0n) is 65.0. The summed E-state index contributed by atoms with van der Waals surface area (Å²) in [7, 11) is -6.39. The Morgan fingerprint density at radius 2 is 0.458 bits per heavy atom. The van der Waals surface area contributed by atoms with Gasteiger partial charge in [0.25, 0.3) is 0 Å². The standard InChI is InChI=1S/C58H38N3OP.C52H34N3OP/c62-63(47-18-8-3-9-19-47)55-23-13-11-20-48(55)49-36-37-54-56(57(49)63)50-21-10-12-22-53(50)61(54)46-34-32-45(33-35-46)58-59-51(43-28-24-41(25-29-43)39-14-4-1-5-15-39)38-52(60-58)44-30-26-42(27-31-44)40-16-6-2-7-17-40;56-57(41-18-8-3-9-19-41)49-23-13-11-20-42(49)43-32-33-48-50(51(43)57)44-21-10-12-22-47(44)55(48)40-30-28-38(29-31-40)46-34-45(53-52(54-46)39-16-6-2-7-17-39)37-26-24-36(25-27-37)35-14-4-1-5-15-35/h1-38H;1-34H. The normalized spacial score (nSPS) is 14.3. The Morgan fingerprint density at radius 1 is 0.200 bits per heavy atom. The largest absolute Gasteiger partial charge is 0.309 e. The Kier molecular flexibility index (Phi) is 17.6. The Hall–Kier alpha value is -15.0. The van der Waals surface area contributed by atoms with Gasteiger partial charge in [-0.2, -0.15) is 0 Å². The highest BCUT2D eigenvalue weighted by molar-refractivity contribution is 7.87. The first-order valence-corrected chi connectivity index (χ1v) is 43.9. The van der Waals surface area contributed by atoms with Crippen molar-refractivity contribution in [1.29, 1.82) is 0 Å². The highest BCUT2D eigenvalue weighted by atomic mass is 31.2. The van der Waals surface area contributed by atoms with Gasteiger partial charge in [0.1, 0.15) is 0 Å². The molecule has 21 aromatic rings. The first kappa shape index (κ1) is 71.5. The maximum absolute atomic E-state index is 15.9. The van der Waals surface area contributed by atoms with Gasteiger partial charge in [-0.25, -0.2) is 19.9 Å². The van der Waals surface area contributed by atoms with Crippen LogP contribution in [0.1, 0.15) is 0 Å². The Morgan fingerprint density at radius 3 is 0.808 bits per heavy atom. The minimum absolute atomic E-state index is 0.648. The topological polar surface area (TPSA) is 95.6 Å². The Balaban J connectivity index is 0.000000145. The van der Waals surface area contributed by atoms with Crippen LogP contribution < -0.4 is 31.8 Å². The summed E-state index contributed by atoms with van der Waals surface area (Å²) < 4.78 is 36.3. The number of fused-ring (bicyclic) bond motifs is 14. The van der Waals surface area contributed by atoms with Crippen LogP contribution in [0.4, 0.5) is 0 Å². The molecule has 2 aliphatic rings. The monoisotopic (exact) mass is 1570 g/mol. The van der Waals surface area contributed by atoms with Crippen LogP contribution in [0.15, 0.2) is 437 Å². The van der Waals surface area contributed by atoms with E-state index in [0.29, 0.717) is 11.6 Å². The van der Waals surface area contributed by atoms with E-state index in [1.54, 1.807) is 0 Å². The average molecular weight is 1570 g/mol. The molecule has 0 radical (unpaired) electrons. The third kappa shape index (κ3) is 12.1. The van der Waals surface area contributed by atoms with E-state index in [0.717, 1.165) is 182 Å². The minimum atomic E-state index is -3.21. The predicted octanol–water partition coefficient (Wildman–Crippen LogP) is 25.4. The minimum Gasteiger partial charge on any atom is -0.309 e. The summed E-state index contributed by atoms with van der Waals surface area (Å²) in [4.78, 5) is 20.6. The van der Waals surface area contributed by atoms with E-state index in [4.69, 9.17) is 19.9 Å². The Labute approximate surface area is 694 Å². The van der Waals surface area contributed by atoms with Crippen LogP contribution in [0.5, 0.6) is 0 Å². The molecule has 8 nitrogen and oxygen atoms in total. The summed E-state index contributed by atoms with van der Waals surface area (Å²) >= 11 is 0. The SMILES string of the molecule is O=P1(c2ccccc2)c2ccccc2-c2ccc3c(c21)c1ccccc1n3-c1ccc(-c2cc(-c3ccc(-c4ccccc4)cc3)nc(-c3ccccc3)n2)cc1.O=P1(c2ccccc2)c2ccccc2-c2ccc3c(c21)c1ccccc1n3-c1ccc(-c2nc(-c3ccc(-c4ccccc4)cc3)cc(-c3ccc(-c4ccccc4)cc3)n2)cc1. The number of hydrogen-bond acceptors (Lipinski definition) is 6. The molecule has 10 heteroatoms. The van der Waals surface area contributed by atoms with Crippen LogP contribution in [-0.4, -0.2) is 29.1 Å². The fraction of sp³-hybridized carbons (Fsp3) is 0. The second kappa shape index (κ2) is 29.6. The summed E-state index contributed by atoms with van der Waals surface area (Å²) in [5, 5.41) is 9.62. The number of para-hydroxylation sites is 2. The van der Waals surface area contributed by atoms with E-state index in [1.165, 1.54) is 16.7 Å². The molecule has 2 aliphatic heterocycles. The summed E-state index contributed by atoms with van der Waals surface area (Å²) in [6, 6.07) is 151. The maximum Gasteiger partial charge on any atom is 0.172 e. The molecule has 2 atom stereocenters. The van der Waals surface area contributed by atoms with Crippen molar-refractivity contribution >= 4 is 89.7 Å². The summed E-state index contributed by atoms with van der Waals surface area (Å²) in [5.74, 6) is 1.33.